The number of benzene rings is 1. The van der Waals surface area contributed by atoms with Gasteiger partial charge in [0, 0.05) is 11.8 Å². The van der Waals surface area contributed by atoms with E-state index >= 15 is 0 Å². The van der Waals surface area contributed by atoms with Gasteiger partial charge in [0.1, 0.15) is 0 Å². The summed E-state index contributed by atoms with van der Waals surface area (Å²) >= 11 is 0. The van der Waals surface area contributed by atoms with E-state index < -0.39 is 0 Å². The van der Waals surface area contributed by atoms with Crippen LogP contribution in [0, 0.1) is 13.8 Å². The number of nitrogens with zero attached hydrogens (tertiary/aromatic N) is 2. The van der Waals surface area contributed by atoms with Gasteiger partial charge in [-0.2, -0.15) is 5.10 Å². The highest BCUT2D eigenvalue weighted by atomic mass is 15.3. The molecule has 2 heterocycles. The van der Waals surface area contributed by atoms with Crippen LogP contribution in [0.15, 0.2) is 48.8 Å². The van der Waals surface area contributed by atoms with Crippen LogP contribution in [0.1, 0.15) is 28.3 Å². The lowest BCUT2D eigenvalue weighted by atomic mass is 9.97. The quantitative estimate of drug-likeness (QED) is 0.565. The third-order valence-corrected chi connectivity index (χ3v) is 3.51. The number of nitrogens with one attached hydrogen (secondary N) is 1. The Morgan fingerprint density at radius 1 is 1.15 bits per heavy atom. The van der Waals surface area contributed by atoms with Gasteiger partial charge in [0.2, 0.25) is 0 Å². The largest absolute Gasteiger partial charge is 0.271 e. The second-order valence-corrected chi connectivity index (χ2v) is 5.15. The summed E-state index contributed by atoms with van der Waals surface area (Å²) in [5, 5.41) is 4.38. The van der Waals surface area contributed by atoms with Crippen molar-refractivity contribution >= 4 is 5.52 Å². The maximum Gasteiger partial charge on any atom is 0.0747 e. The summed E-state index contributed by atoms with van der Waals surface area (Å²) in [4.78, 5) is 0. The van der Waals surface area contributed by atoms with Crippen LogP contribution < -0.4 is 11.3 Å². The van der Waals surface area contributed by atoms with Gasteiger partial charge in [0.15, 0.2) is 0 Å². The van der Waals surface area contributed by atoms with Crippen LogP contribution in [0.3, 0.4) is 0 Å². The Morgan fingerprint density at radius 3 is 2.60 bits per heavy atom. The second kappa shape index (κ2) is 5.07. The molecule has 2 aromatic heterocycles. The van der Waals surface area contributed by atoms with E-state index in [2.05, 4.69) is 48.6 Å². The molecule has 20 heavy (non-hydrogen) atoms. The molecule has 3 rings (SSSR count). The van der Waals surface area contributed by atoms with Gasteiger partial charge in [-0.15, -0.1) is 0 Å². The van der Waals surface area contributed by atoms with Gasteiger partial charge in [-0.1, -0.05) is 35.4 Å². The molecule has 0 bridgehead atoms. The van der Waals surface area contributed by atoms with Crippen LogP contribution in [-0.2, 0) is 0 Å². The first-order valence-electron chi connectivity index (χ1n) is 6.65. The predicted molar refractivity (Wildman–Crippen MR) is 80.3 cm³/mol. The molecular formula is C16H18N4. The van der Waals surface area contributed by atoms with Gasteiger partial charge in [0.25, 0.3) is 0 Å². The summed E-state index contributed by atoms with van der Waals surface area (Å²) in [6.07, 6.45) is 3.81. The van der Waals surface area contributed by atoms with Crippen molar-refractivity contribution in [2.75, 3.05) is 0 Å². The lowest BCUT2D eigenvalue weighted by Gasteiger charge is -2.17. The lowest BCUT2D eigenvalue weighted by Crippen LogP contribution is -2.28. The van der Waals surface area contributed by atoms with Gasteiger partial charge in [-0.05, 0) is 31.5 Å². The summed E-state index contributed by atoms with van der Waals surface area (Å²) in [5.41, 5.74) is 8.68. The molecule has 3 aromatic rings. The van der Waals surface area contributed by atoms with E-state index in [-0.39, 0.29) is 6.04 Å². The van der Waals surface area contributed by atoms with E-state index in [1.807, 2.05) is 29.0 Å². The minimum absolute atomic E-state index is 0.0616. The first-order chi connectivity index (χ1) is 9.69. The van der Waals surface area contributed by atoms with Gasteiger partial charge >= 0.3 is 0 Å². The highest BCUT2D eigenvalue weighted by molar-refractivity contribution is 5.57. The zero-order valence-corrected chi connectivity index (χ0v) is 11.7. The topological polar surface area (TPSA) is 55.3 Å². The Kier molecular flexibility index (Phi) is 3.26. The Bertz CT molecular complexity index is 725. The molecule has 4 nitrogen and oxygen atoms in total. The number of nitrogens with two attached hydrogens (primary N) is 1. The number of aryl methyl sites for hydroxylation is 2. The smallest absolute Gasteiger partial charge is 0.0747 e. The molecule has 0 radical (unpaired) electrons. The minimum atomic E-state index is -0.0616. The van der Waals surface area contributed by atoms with Crippen molar-refractivity contribution < 1.29 is 0 Å². The molecule has 0 spiro atoms. The molecule has 0 amide bonds. The van der Waals surface area contributed by atoms with Crippen molar-refractivity contribution in [2.24, 2.45) is 5.84 Å². The number of aromatic nitrogens is 2. The number of hydrazine groups is 1. The van der Waals surface area contributed by atoms with Gasteiger partial charge in [0.05, 0.1) is 17.8 Å². The summed E-state index contributed by atoms with van der Waals surface area (Å²) in [6, 6.07) is 12.4. The summed E-state index contributed by atoms with van der Waals surface area (Å²) in [5.74, 6) is 5.80. The maximum atomic E-state index is 5.80. The molecular weight excluding hydrogens is 248 g/mol. The molecule has 1 unspecified atom stereocenters. The van der Waals surface area contributed by atoms with Crippen LogP contribution in [-0.4, -0.2) is 9.61 Å². The number of hydrogen-bond donors (Lipinski definition) is 2. The first-order valence-corrected chi connectivity index (χ1v) is 6.65. The van der Waals surface area contributed by atoms with Crippen LogP contribution in [0.4, 0.5) is 0 Å². The van der Waals surface area contributed by atoms with E-state index in [1.165, 1.54) is 11.1 Å². The Morgan fingerprint density at radius 2 is 1.90 bits per heavy atom. The summed E-state index contributed by atoms with van der Waals surface area (Å²) in [6.45, 7) is 4.19. The molecule has 0 saturated heterocycles. The molecule has 0 saturated carbocycles. The predicted octanol–water partition coefficient (Wildman–Crippen LogP) is 2.50. The Hall–Kier alpha value is -2.17. The normalized spacial score (nSPS) is 12.8. The fraction of sp³-hybridized carbons (Fsp3) is 0.188. The molecule has 0 aliphatic heterocycles. The zero-order chi connectivity index (χ0) is 14.1. The van der Waals surface area contributed by atoms with Crippen molar-refractivity contribution in [1.29, 1.82) is 0 Å². The monoisotopic (exact) mass is 266 g/mol. The van der Waals surface area contributed by atoms with Crippen molar-refractivity contribution in [3.05, 3.63) is 71.0 Å². The van der Waals surface area contributed by atoms with Crippen LogP contribution in [0.2, 0.25) is 0 Å². The molecule has 1 aromatic carbocycles. The zero-order valence-electron chi connectivity index (χ0n) is 11.7. The van der Waals surface area contributed by atoms with Gasteiger partial charge < -0.3 is 0 Å². The number of hydrogen-bond acceptors (Lipinski definition) is 3. The lowest BCUT2D eigenvalue weighted by molar-refractivity contribution is 0.640. The Balaban J connectivity index is 2.14. The van der Waals surface area contributed by atoms with Crippen molar-refractivity contribution in [3.8, 4) is 0 Å². The van der Waals surface area contributed by atoms with Gasteiger partial charge in [-0.25, -0.2) is 9.94 Å². The van der Waals surface area contributed by atoms with E-state index in [0.717, 1.165) is 16.6 Å². The summed E-state index contributed by atoms with van der Waals surface area (Å²) < 4.78 is 1.86. The van der Waals surface area contributed by atoms with Crippen molar-refractivity contribution in [1.82, 2.24) is 15.0 Å². The highest BCUT2D eigenvalue weighted by Gasteiger charge is 2.17. The third kappa shape index (κ3) is 2.19. The first kappa shape index (κ1) is 12.8. The average Bonchev–Trinajstić information content (AvgIpc) is 2.83. The van der Waals surface area contributed by atoms with Crippen LogP contribution in [0.5, 0.6) is 0 Å². The Labute approximate surface area is 118 Å². The highest BCUT2D eigenvalue weighted by Crippen LogP contribution is 2.26. The van der Waals surface area contributed by atoms with Gasteiger partial charge in [-0.3, -0.25) is 5.84 Å². The average molecular weight is 266 g/mol. The molecule has 1 atom stereocenters. The SMILES string of the molecule is Cc1cc(C)cc(C(NN)c2cnn3ccccc23)c1. The van der Waals surface area contributed by atoms with Crippen molar-refractivity contribution in [2.45, 2.75) is 19.9 Å². The molecule has 4 heteroatoms. The standard InChI is InChI=1S/C16H18N4/c1-11-7-12(2)9-13(8-11)16(19-17)14-10-18-20-6-4-3-5-15(14)20/h3-10,16,19H,17H2,1-2H3. The fourth-order valence-electron chi connectivity index (χ4n) is 2.72. The molecule has 102 valence electrons. The molecule has 0 aliphatic carbocycles. The minimum Gasteiger partial charge on any atom is -0.271 e. The maximum absolute atomic E-state index is 5.80. The third-order valence-electron chi connectivity index (χ3n) is 3.51. The molecule has 0 fully saturated rings. The second-order valence-electron chi connectivity index (χ2n) is 5.15. The molecule has 3 N–H and O–H groups in total. The fourth-order valence-corrected chi connectivity index (χ4v) is 2.72. The van der Waals surface area contributed by atoms with E-state index in [4.69, 9.17) is 5.84 Å². The number of pyridine rings is 1. The number of fused-ring (bicyclic) bond motifs is 1. The van der Waals surface area contributed by atoms with E-state index in [0.29, 0.717) is 0 Å². The van der Waals surface area contributed by atoms with Crippen molar-refractivity contribution in [3.63, 3.8) is 0 Å². The van der Waals surface area contributed by atoms with Crippen LogP contribution in [0.25, 0.3) is 5.52 Å². The number of rotatable bonds is 3. The van der Waals surface area contributed by atoms with E-state index in [9.17, 15) is 0 Å². The summed E-state index contributed by atoms with van der Waals surface area (Å²) in [7, 11) is 0. The van der Waals surface area contributed by atoms with Crippen LogP contribution >= 0.6 is 0 Å². The van der Waals surface area contributed by atoms with E-state index in [1.54, 1.807) is 0 Å². The molecule has 0 aliphatic rings.